The number of amides is 1. The van der Waals surface area contributed by atoms with Gasteiger partial charge in [-0.1, -0.05) is 39.0 Å². The average Bonchev–Trinajstić information content (AvgIpc) is 2.60. The van der Waals surface area contributed by atoms with Crippen LogP contribution >= 0.6 is 0 Å². The lowest BCUT2D eigenvalue weighted by molar-refractivity contribution is 0.0949. The molecule has 0 saturated carbocycles. The number of nitrogens with zero attached hydrogens (tertiary/aromatic N) is 3. The normalized spacial score (nSPS) is 12.0. The molecule has 6 heteroatoms. The van der Waals surface area contributed by atoms with Crippen molar-refractivity contribution in [3.8, 4) is 0 Å². The van der Waals surface area contributed by atoms with Crippen LogP contribution in [0.2, 0.25) is 0 Å². The first-order chi connectivity index (χ1) is 11.9. The van der Waals surface area contributed by atoms with Crippen molar-refractivity contribution in [1.29, 1.82) is 0 Å². The van der Waals surface area contributed by atoms with Crippen LogP contribution in [0.15, 0.2) is 34.2 Å². The molecule has 0 unspecified atom stereocenters. The van der Waals surface area contributed by atoms with Crippen LogP contribution in [0.25, 0.3) is 10.8 Å². The van der Waals surface area contributed by atoms with Crippen LogP contribution in [0.5, 0.6) is 0 Å². The summed E-state index contributed by atoms with van der Waals surface area (Å²) in [7, 11) is 0. The van der Waals surface area contributed by atoms with Gasteiger partial charge in [-0.15, -0.1) is 0 Å². The minimum absolute atomic E-state index is 0.175. The minimum atomic E-state index is -0.398. The van der Waals surface area contributed by atoms with Gasteiger partial charge in [0.15, 0.2) is 5.69 Å². The van der Waals surface area contributed by atoms with Crippen molar-refractivity contribution in [2.75, 3.05) is 0 Å². The van der Waals surface area contributed by atoms with Gasteiger partial charge < -0.3 is 0 Å². The Hall–Kier alpha value is -2.50. The zero-order valence-electron chi connectivity index (χ0n) is 15.4. The molecule has 0 radical (unpaired) electrons. The molecule has 2 aromatic rings. The predicted molar refractivity (Wildman–Crippen MR) is 101 cm³/mol. The predicted octanol–water partition coefficient (Wildman–Crippen LogP) is 3.35. The third kappa shape index (κ3) is 4.75. The second-order valence-corrected chi connectivity index (χ2v) is 6.64. The van der Waals surface area contributed by atoms with Crippen LogP contribution in [-0.2, 0) is 6.54 Å². The number of carbonyl (C=O) groups is 1. The zero-order chi connectivity index (χ0) is 18.4. The molecule has 2 rings (SSSR count). The summed E-state index contributed by atoms with van der Waals surface area (Å²) in [5, 5.41) is 9.48. The van der Waals surface area contributed by atoms with Crippen molar-refractivity contribution in [3.05, 3.63) is 40.3 Å². The Balaban J connectivity index is 2.33. The number of carbonyl (C=O) groups excluding carboxylic acids is 1. The highest BCUT2D eigenvalue weighted by Gasteiger charge is 2.16. The van der Waals surface area contributed by atoms with Crippen LogP contribution < -0.4 is 11.0 Å². The van der Waals surface area contributed by atoms with E-state index in [-0.39, 0.29) is 11.3 Å². The van der Waals surface area contributed by atoms with E-state index < -0.39 is 5.91 Å². The number of aryl methyl sites for hydroxylation is 1. The lowest BCUT2D eigenvalue weighted by Gasteiger charge is -2.10. The van der Waals surface area contributed by atoms with Crippen molar-refractivity contribution in [1.82, 2.24) is 15.2 Å². The van der Waals surface area contributed by atoms with E-state index in [2.05, 4.69) is 29.5 Å². The fourth-order valence-electron chi connectivity index (χ4n) is 2.52. The van der Waals surface area contributed by atoms with Crippen LogP contribution in [0.4, 0.5) is 0 Å². The van der Waals surface area contributed by atoms with Crippen molar-refractivity contribution < 1.29 is 4.79 Å². The van der Waals surface area contributed by atoms with E-state index in [0.29, 0.717) is 23.2 Å². The first-order valence-corrected chi connectivity index (χ1v) is 8.77. The third-order valence-electron chi connectivity index (χ3n) is 3.95. The largest absolute Gasteiger partial charge is 0.292 e. The van der Waals surface area contributed by atoms with E-state index >= 15 is 0 Å². The number of hydrogen-bond donors (Lipinski definition) is 1. The lowest BCUT2D eigenvalue weighted by Crippen LogP contribution is -2.29. The maximum absolute atomic E-state index is 12.6. The molecule has 0 aliphatic heterocycles. The minimum Gasteiger partial charge on any atom is -0.267 e. The molecule has 1 aromatic heterocycles. The van der Waals surface area contributed by atoms with Gasteiger partial charge in [-0.05, 0) is 38.2 Å². The van der Waals surface area contributed by atoms with Crippen LogP contribution in [0.3, 0.4) is 0 Å². The summed E-state index contributed by atoms with van der Waals surface area (Å²) >= 11 is 0. The quantitative estimate of drug-likeness (QED) is 0.619. The summed E-state index contributed by atoms with van der Waals surface area (Å²) in [4.78, 5) is 25.0. The van der Waals surface area contributed by atoms with E-state index in [1.54, 1.807) is 24.3 Å². The smallest absolute Gasteiger partial charge is 0.267 e. The summed E-state index contributed by atoms with van der Waals surface area (Å²) in [5.41, 5.74) is 3.49. The van der Waals surface area contributed by atoms with Crippen LogP contribution in [0.1, 0.15) is 57.4 Å². The number of nitrogens with one attached hydrogen (secondary N) is 1. The molecule has 0 aliphatic carbocycles. The van der Waals surface area contributed by atoms with Crippen LogP contribution in [0, 0.1) is 5.92 Å². The van der Waals surface area contributed by atoms with Gasteiger partial charge in [0.2, 0.25) is 0 Å². The molecule has 0 spiro atoms. The SMILES string of the molecule is CCCn1nc(C(=O)N/N=C(\C)CCC(C)C)c2ccccc2c1=O. The van der Waals surface area contributed by atoms with Gasteiger partial charge in [-0.3, -0.25) is 9.59 Å². The van der Waals surface area contributed by atoms with Crippen molar-refractivity contribution in [2.45, 2.75) is 53.5 Å². The monoisotopic (exact) mass is 342 g/mol. The molecule has 6 nitrogen and oxygen atoms in total. The average molecular weight is 342 g/mol. The Labute approximate surface area is 147 Å². The maximum Gasteiger partial charge on any atom is 0.292 e. The molecule has 1 heterocycles. The number of benzene rings is 1. The molecule has 0 atom stereocenters. The van der Waals surface area contributed by atoms with Crippen LogP contribution in [-0.4, -0.2) is 21.4 Å². The fraction of sp³-hybridized carbons (Fsp3) is 0.474. The second kappa shape index (κ2) is 8.55. The van der Waals surface area contributed by atoms with E-state index in [1.165, 1.54) is 4.68 Å². The molecular formula is C19H26N4O2. The summed E-state index contributed by atoms with van der Waals surface area (Å²) in [5.74, 6) is 0.189. The van der Waals surface area contributed by atoms with E-state index in [9.17, 15) is 9.59 Å². The van der Waals surface area contributed by atoms with Gasteiger partial charge in [0.25, 0.3) is 11.5 Å². The highest BCUT2D eigenvalue weighted by molar-refractivity contribution is 6.05. The molecule has 0 saturated heterocycles. The van der Waals surface area contributed by atoms with Crippen molar-refractivity contribution >= 4 is 22.4 Å². The lowest BCUT2D eigenvalue weighted by atomic mass is 10.1. The first kappa shape index (κ1) is 18.8. The molecule has 1 amide bonds. The van der Waals surface area contributed by atoms with Gasteiger partial charge in [-0.25, -0.2) is 10.1 Å². The number of hydrazone groups is 1. The van der Waals surface area contributed by atoms with Gasteiger partial charge >= 0.3 is 0 Å². The molecule has 25 heavy (non-hydrogen) atoms. The van der Waals surface area contributed by atoms with Gasteiger partial charge in [0, 0.05) is 17.6 Å². The number of fused-ring (bicyclic) bond motifs is 1. The maximum atomic E-state index is 12.6. The van der Waals surface area contributed by atoms with E-state index in [1.807, 2.05) is 13.8 Å². The second-order valence-electron chi connectivity index (χ2n) is 6.64. The highest BCUT2D eigenvalue weighted by Crippen LogP contribution is 2.13. The summed E-state index contributed by atoms with van der Waals surface area (Å²) < 4.78 is 1.35. The summed E-state index contributed by atoms with van der Waals surface area (Å²) in [6, 6.07) is 7.04. The summed E-state index contributed by atoms with van der Waals surface area (Å²) in [6.45, 7) is 8.63. The molecule has 134 valence electrons. The van der Waals surface area contributed by atoms with Crippen molar-refractivity contribution in [3.63, 3.8) is 0 Å². The Morgan fingerprint density at radius 3 is 2.60 bits per heavy atom. The van der Waals surface area contributed by atoms with Crippen molar-refractivity contribution in [2.24, 2.45) is 11.0 Å². The van der Waals surface area contributed by atoms with E-state index in [0.717, 1.165) is 25.0 Å². The molecule has 0 bridgehead atoms. The Bertz CT molecular complexity index is 837. The molecule has 1 N–H and O–H groups in total. The molecule has 1 aromatic carbocycles. The zero-order valence-corrected chi connectivity index (χ0v) is 15.4. The highest BCUT2D eigenvalue weighted by atomic mass is 16.2. The Kier molecular flexibility index (Phi) is 6.44. The third-order valence-corrected chi connectivity index (χ3v) is 3.95. The Morgan fingerprint density at radius 2 is 1.96 bits per heavy atom. The van der Waals surface area contributed by atoms with E-state index in [4.69, 9.17) is 0 Å². The topological polar surface area (TPSA) is 76.3 Å². The number of rotatable bonds is 7. The number of aromatic nitrogens is 2. The fourth-order valence-corrected chi connectivity index (χ4v) is 2.52. The Morgan fingerprint density at radius 1 is 1.28 bits per heavy atom. The van der Waals surface area contributed by atoms with Gasteiger partial charge in [0.1, 0.15) is 0 Å². The summed E-state index contributed by atoms with van der Waals surface area (Å²) in [6.07, 6.45) is 2.62. The first-order valence-electron chi connectivity index (χ1n) is 8.77. The van der Waals surface area contributed by atoms with Gasteiger partial charge in [0.05, 0.1) is 5.39 Å². The van der Waals surface area contributed by atoms with Gasteiger partial charge in [-0.2, -0.15) is 10.2 Å². The molecule has 0 aliphatic rings. The molecular weight excluding hydrogens is 316 g/mol. The number of hydrogen-bond acceptors (Lipinski definition) is 4. The standard InChI is InChI=1S/C19H26N4O2/c1-5-12-23-19(25)16-9-7-6-8-15(16)17(22-23)18(24)21-20-14(4)11-10-13(2)3/h6-9,13H,5,10-12H2,1-4H3,(H,21,24)/b20-14+. The molecule has 0 fully saturated rings.